The minimum atomic E-state index is -0.186. The summed E-state index contributed by atoms with van der Waals surface area (Å²) in [7, 11) is 0. The number of rotatable bonds is 5. The maximum absolute atomic E-state index is 13.5. The lowest BCUT2D eigenvalue weighted by Crippen LogP contribution is -2.24. The number of aryl methyl sites for hydroxylation is 1. The first-order valence-corrected chi connectivity index (χ1v) is 7.64. The highest BCUT2D eigenvalue weighted by Crippen LogP contribution is 2.27. The summed E-state index contributed by atoms with van der Waals surface area (Å²) in [6.45, 7) is 6.97. The minimum absolute atomic E-state index is 0.134. The summed E-state index contributed by atoms with van der Waals surface area (Å²) in [4.78, 5) is 0. The summed E-state index contributed by atoms with van der Waals surface area (Å²) in [5, 5.41) is 4.25. The third-order valence-corrected chi connectivity index (χ3v) is 4.28. The predicted molar refractivity (Wildman–Crippen MR) is 87.4 cm³/mol. The van der Waals surface area contributed by atoms with Crippen molar-refractivity contribution in [1.82, 2.24) is 5.32 Å². The van der Waals surface area contributed by atoms with Crippen molar-refractivity contribution in [2.75, 3.05) is 6.54 Å². The number of halogens is 2. The molecule has 2 rings (SSSR count). The molecule has 0 aliphatic carbocycles. The average Bonchev–Trinajstić information content (AvgIpc) is 2.45. The SMILES string of the molecule is CCNC(Cc1cc(F)ccc1C)c1cccc(Cl)c1C. The Bertz CT molecular complexity index is 625. The summed E-state index contributed by atoms with van der Waals surface area (Å²) in [6, 6.07) is 11.0. The van der Waals surface area contributed by atoms with Gasteiger partial charge in [-0.2, -0.15) is 0 Å². The van der Waals surface area contributed by atoms with Gasteiger partial charge in [-0.05, 0) is 67.3 Å². The van der Waals surface area contributed by atoms with E-state index in [1.165, 1.54) is 11.6 Å². The van der Waals surface area contributed by atoms with Crippen molar-refractivity contribution >= 4 is 11.6 Å². The van der Waals surface area contributed by atoms with Crippen molar-refractivity contribution in [2.24, 2.45) is 0 Å². The van der Waals surface area contributed by atoms with Gasteiger partial charge in [-0.15, -0.1) is 0 Å². The van der Waals surface area contributed by atoms with Crippen LogP contribution >= 0.6 is 11.6 Å². The molecule has 0 spiro atoms. The molecule has 21 heavy (non-hydrogen) atoms. The van der Waals surface area contributed by atoms with Gasteiger partial charge in [0.05, 0.1) is 0 Å². The monoisotopic (exact) mass is 305 g/mol. The first kappa shape index (κ1) is 16.0. The summed E-state index contributed by atoms with van der Waals surface area (Å²) >= 11 is 6.23. The summed E-state index contributed by atoms with van der Waals surface area (Å²) in [6.07, 6.45) is 0.749. The quantitative estimate of drug-likeness (QED) is 0.820. The van der Waals surface area contributed by atoms with Crippen LogP contribution in [-0.2, 0) is 6.42 Å². The molecule has 3 heteroatoms. The molecule has 0 radical (unpaired) electrons. The third-order valence-electron chi connectivity index (χ3n) is 3.87. The van der Waals surface area contributed by atoms with Gasteiger partial charge in [-0.25, -0.2) is 4.39 Å². The van der Waals surface area contributed by atoms with Crippen LogP contribution in [0.15, 0.2) is 36.4 Å². The van der Waals surface area contributed by atoms with E-state index in [1.807, 2.05) is 32.0 Å². The van der Waals surface area contributed by atoms with Crippen LogP contribution in [0, 0.1) is 19.7 Å². The van der Waals surface area contributed by atoms with Gasteiger partial charge in [0.15, 0.2) is 0 Å². The maximum Gasteiger partial charge on any atom is 0.123 e. The van der Waals surface area contributed by atoms with Gasteiger partial charge in [0, 0.05) is 11.1 Å². The second-order valence-corrected chi connectivity index (χ2v) is 5.75. The van der Waals surface area contributed by atoms with Crippen molar-refractivity contribution < 1.29 is 4.39 Å². The minimum Gasteiger partial charge on any atom is -0.310 e. The van der Waals surface area contributed by atoms with Crippen molar-refractivity contribution in [2.45, 2.75) is 33.2 Å². The molecule has 1 N–H and O–H groups in total. The molecule has 2 aromatic rings. The zero-order valence-corrected chi connectivity index (χ0v) is 13.5. The van der Waals surface area contributed by atoms with Gasteiger partial charge >= 0.3 is 0 Å². The highest BCUT2D eigenvalue weighted by Gasteiger charge is 2.16. The van der Waals surface area contributed by atoms with Gasteiger partial charge < -0.3 is 5.32 Å². The number of nitrogens with one attached hydrogen (secondary N) is 1. The predicted octanol–water partition coefficient (Wildman–Crippen LogP) is 4.99. The second-order valence-electron chi connectivity index (χ2n) is 5.34. The molecule has 0 aliphatic rings. The van der Waals surface area contributed by atoms with Crippen molar-refractivity contribution in [3.63, 3.8) is 0 Å². The van der Waals surface area contributed by atoms with Crippen molar-refractivity contribution in [1.29, 1.82) is 0 Å². The molecule has 0 heterocycles. The number of benzene rings is 2. The van der Waals surface area contributed by atoms with Crippen LogP contribution in [-0.4, -0.2) is 6.54 Å². The molecule has 112 valence electrons. The van der Waals surface area contributed by atoms with Crippen LogP contribution in [0.1, 0.15) is 35.2 Å². The summed E-state index contributed by atoms with van der Waals surface area (Å²) in [5.74, 6) is -0.186. The first-order chi connectivity index (χ1) is 10.0. The Morgan fingerprint density at radius 2 is 1.95 bits per heavy atom. The molecule has 0 fully saturated rings. The van der Waals surface area contributed by atoms with E-state index < -0.39 is 0 Å². The molecule has 1 atom stereocenters. The molecule has 0 bridgehead atoms. The first-order valence-electron chi connectivity index (χ1n) is 7.26. The van der Waals surface area contributed by atoms with Crippen LogP contribution in [0.3, 0.4) is 0 Å². The molecular formula is C18H21ClFN. The summed E-state index contributed by atoms with van der Waals surface area (Å²) in [5.41, 5.74) is 4.39. The second kappa shape index (κ2) is 7.06. The molecular weight excluding hydrogens is 285 g/mol. The molecule has 0 saturated carbocycles. The maximum atomic E-state index is 13.5. The highest BCUT2D eigenvalue weighted by molar-refractivity contribution is 6.31. The van der Waals surface area contributed by atoms with E-state index in [2.05, 4.69) is 18.3 Å². The fourth-order valence-electron chi connectivity index (χ4n) is 2.62. The fraction of sp³-hybridized carbons (Fsp3) is 0.333. The Morgan fingerprint density at radius 3 is 2.67 bits per heavy atom. The molecule has 2 aromatic carbocycles. The van der Waals surface area contributed by atoms with Gasteiger partial charge in [-0.1, -0.05) is 36.7 Å². The van der Waals surface area contributed by atoms with Crippen LogP contribution in [0.2, 0.25) is 5.02 Å². The van der Waals surface area contributed by atoms with Gasteiger partial charge in [0.2, 0.25) is 0 Å². The lowest BCUT2D eigenvalue weighted by atomic mass is 9.93. The number of hydrogen-bond donors (Lipinski definition) is 1. The van der Waals surface area contributed by atoms with Crippen LogP contribution in [0.5, 0.6) is 0 Å². The molecule has 0 saturated heterocycles. The molecule has 0 aromatic heterocycles. The van der Waals surface area contributed by atoms with Crippen molar-refractivity contribution in [3.05, 3.63) is 69.5 Å². The smallest absolute Gasteiger partial charge is 0.123 e. The lowest BCUT2D eigenvalue weighted by molar-refractivity contribution is 0.543. The number of hydrogen-bond acceptors (Lipinski definition) is 1. The van der Waals surface area contributed by atoms with E-state index in [0.717, 1.165) is 34.7 Å². The van der Waals surface area contributed by atoms with Crippen LogP contribution < -0.4 is 5.32 Å². The van der Waals surface area contributed by atoms with Crippen LogP contribution in [0.25, 0.3) is 0 Å². The zero-order chi connectivity index (χ0) is 15.4. The van der Waals surface area contributed by atoms with E-state index in [1.54, 1.807) is 6.07 Å². The molecule has 1 nitrogen and oxygen atoms in total. The van der Waals surface area contributed by atoms with E-state index in [0.29, 0.717) is 0 Å². The highest BCUT2D eigenvalue weighted by atomic mass is 35.5. The zero-order valence-electron chi connectivity index (χ0n) is 12.7. The standard InChI is InChI=1S/C18H21ClFN/c1-4-21-18(16-6-5-7-17(19)13(16)3)11-14-10-15(20)9-8-12(14)2/h5-10,18,21H,4,11H2,1-3H3. The van der Waals surface area contributed by atoms with E-state index in [9.17, 15) is 4.39 Å². The molecule has 0 amide bonds. The number of likely N-dealkylation sites (N-methyl/N-ethyl adjacent to an activating group) is 1. The van der Waals surface area contributed by atoms with E-state index in [4.69, 9.17) is 11.6 Å². The third kappa shape index (κ3) is 3.84. The van der Waals surface area contributed by atoms with E-state index in [-0.39, 0.29) is 11.9 Å². The largest absolute Gasteiger partial charge is 0.310 e. The molecule has 0 aliphatic heterocycles. The Labute approximate surface area is 131 Å². The van der Waals surface area contributed by atoms with Gasteiger partial charge in [0.25, 0.3) is 0 Å². The normalized spacial score (nSPS) is 12.4. The Balaban J connectivity index is 2.35. The fourth-order valence-corrected chi connectivity index (χ4v) is 2.80. The van der Waals surface area contributed by atoms with Crippen molar-refractivity contribution in [3.8, 4) is 0 Å². The van der Waals surface area contributed by atoms with E-state index >= 15 is 0 Å². The Hall–Kier alpha value is -1.38. The van der Waals surface area contributed by atoms with Gasteiger partial charge in [0.1, 0.15) is 5.82 Å². The average molecular weight is 306 g/mol. The summed E-state index contributed by atoms with van der Waals surface area (Å²) < 4.78 is 13.5. The van der Waals surface area contributed by atoms with Crippen LogP contribution in [0.4, 0.5) is 4.39 Å². The lowest BCUT2D eigenvalue weighted by Gasteiger charge is -2.22. The van der Waals surface area contributed by atoms with Gasteiger partial charge in [-0.3, -0.25) is 0 Å². The Kier molecular flexibility index (Phi) is 5.38. The molecule has 1 unspecified atom stereocenters. The Morgan fingerprint density at radius 1 is 1.19 bits per heavy atom. The topological polar surface area (TPSA) is 12.0 Å².